The van der Waals surface area contributed by atoms with Gasteiger partial charge in [0.2, 0.25) is 5.89 Å². The molecule has 1 saturated heterocycles. The van der Waals surface area contributed by atoms with Gasteiger partial charge in [-0.1, -0.05) is 5.16 Å². The van der Waals surface area contributed by atoms with Crippen LogP contribution in [-0.4, -0.2) is 65.9 Å². The van der Waals surface area contributed by atoms with E-state index in [9.17, 15) is 0 Å². The Balaban J connectivity index is 1.48. The van der Waals surface area contributed by atoms with Crippen LogP contribution in [0.3, 0.4) is 0 Å². The Morgan fingerprint density at radius 3 is 2.90 bits per heavy atom. The van der Waals surface area contributed by atoms with Gasteiger partial charge in [0.1, 0.15) is 0 Å². The van der Waals surface area contributed by atoms with Crippen LogP contribution in [0.4, 0.5) is 0 Å². The molecule has 1 aromatic rings. The quantitative estimate of drug-likeness (QED) is 0.778. The van der Waals surface area contributed by atoms with Gasteiger partial charge in [0.15, 0.2) is 5.82 Å². The lowest BCUT2D eigenvalue weighted by atomic mass is 10.2. The SMILES string of the molecule is COCCN1CCN(Cc2noc(C3CC3)n2)C[C@H]1C. The van der Waals surface area contributed by atoms with E-state index in [-0.39, 0.29) is 0 Å². The van der Waals surface area contributed by atoms with Crippen molar-refractivity contribution >= 4 is 0 Å². The molecule has 6 nitrogen and oxygen atoms in total. The lowest BCUT2D eigenvalue weighted by Crippen LogP contribution is -2.52. The Hall–Kier alpha value is -0.980. The predicted molar refractivity (Wildman–Crippen MR) is 74.5 cm³/mol. The van der Waals surface area contributed by atoms with Gasteiger partial charge in [-0.25, -0.2) is 0 Å². The summed E-state index contributed by atoms with van der Waals surface area (Å²) in [5.74, 6) is 2.22. The van der Waals surface area contributed by atoms with Crippen molar-refractivity contribution in [2.24, 2.45) is 0 Å². The van der Waals surface area contributed by atoms with Gasteiger partial charge in [-0.2, -0.15) is 4.98 Å². The molecule has 0 spiro atoms. The van der Waals surface area contributed by atoms with Crippen LogP contribution in [0.25, 0.3) is 0 Å². The summed E-state index contributed by atoms with van der Waals surface area (Å²) in [6.07, 6.45) is 2.41. The van der Waals surface area contributed by atoms with Gasteiger partial charge >= 0.3 is 0 Å². The summed E-state index contributed by atoms with van der Waals surface area (Å²) in [4.78, 5) is 9.40. The van der Waals surface area contributed by atoms with Crippen LogP contribution in [0.1, 0.15) is 37.4 Å². The molecule has 3 rings (SSSR count). The molecule has 112 valence electrons. The average Bonchev–Trinajstić information content (AvgIpc) is 3.19. The lowest BCUT2D eigenvalue weighted by molar-refractivity contribution is 0.0543. The molecule has 1 atom stereocenters. The first-order chi connectivity index (χ1) is 9.76. The van der Waals surface area contributed by atoms with Crippen molar-refractivity contribution in [3.8, 4) is 0 Å². The molecule has 0 aromatic carbocycles. The number of rotatable bonds is 6. The molecule has 0 radical (unpaired) electrons. The Kier molecular flexibility index (Phi) is 4.33. The van der Waals surface area contributed by atoms with Crippen LogP contribution < -0.4 is 0 Å². The molecule has 20 heavy (non-hydrogen) atoms. The highest BCUT2D eigenvalue weighted by Crippen LogP contribution is 2.38. The van der Waals surface area contributed by atoms with Gasteiger partial charge in [-0.3, -0.25) is 9.80 Å². The smallest absolute Gasteiger partial charge is 0.229 e. The minimum absolute atomic E-state index is 0.543. The maximum atomic E-state index is 5.32. The Morgan fingerprint density at radius 2 is 2.20 bits per heavy atom. The van der Waals surface area contributed by atoms with E-state index in [1.165, 1.54) is 12.8 Å². The van der Waals surface area contributed by atoms with Gasteiger partial charge in [0, 0.05) is 45.2 Å². The molecule has 2 aliphatic rings. The molecular formula is C14H24N4O2. The van der Waals surface area contributed by atoms with Crippen LogP contribution in [0.15, 0.2) is 4.52 Å². The molecule has 2 fully saturated rings. The van der Waals surface area contributed by atoms with Crippen LogP contribution in [-0.2, 0) is 11.3 Å². The van der Waals surface area contributed by atoms with Crippen molar-refractivity contribution < 1.29 is 9.26 Å². The van der Waals surface area contributed by atoms with Crippen LogP contribution in [0, 0.1) is 0 Å². The zero-order valence-electron chi connectivity index (χ0n) is 12.4. The fourth-order valence-corrected chi connectivity index (χ4v) is 2.78. The van der Waals surface area contributed by atoms with Gasteiger partial charge in [-0.05, 0) is 19.8 Å². The summed E-state index contributed by atoms with van der Waals surface area (Å²) >= 11 is 0. The summed E-state index contributed by atoms with van der Waals surface area (Å²) in [6.45, 7) is 8.09. The zero-order chi connectivity index (χ0) is 13.9. The standard InChI is InChI=1S/C14H24N4O2/c1-11-9-17(5-6-18(11)7-8-19-2)10-13-15-14(20-16-13)12-3-4-12/h11-12H,3-10H2,1-2H3/t11-/m1/s1. The number of hydrogen-bond acceptors (Lipinski definition) is 6. The van der Waals surface area contributed by atoms with E-state index in [0.29, 0.717) is 12.0 Å². The summed E-state index contributed by atoms with van der Waals surface area (Å²) < 4.78 is 10.5. The normalized spacial score (nSPS) is 25.2. The molecule has 6 heteroatoms. The van der Waals surface area contributed by atoms with E-state index in [4.69, 9.17) is 9.26 Å². The van der Waals surface area contributed by atoms with E-state index in [0.717, 1.165) is 51.0 Å². The number of hydrogen-bond donors (Lipinski definition) is 0. The first-order valence-electron chi connectivity index (χ1n) is 7.54. The van der Waals surface area contributed by atoms with E-state index in [1.54, 1.807) is 7.11 Å². The number of aromatic nitrogens is 2. The second-order valence-electron chi connectivity index (χ2n) is 5.94. The van der Waals surface area contributed by atoms with E-state index in [1.807, 2.05) is 0 Å². The van der Waals surface area contributed by atoms with Crippen molar-refractivity contribution in [1.82, 2.24) is 19.9 Å². The predicted octanol–water partition coefficient (Wildman–Crippen LogP) is 1.10. The van der Waals surface area contributed by atoms with Gasteiger partial charge in [0.05, 0.1) is 13.2 Å². The van der Waals surface area contributed by atoms with Crippen molar-refractivity contribution in [1.29, 1.82) is 0 Å². The van der Waals surface area contributed by atoms with Crippen molar-refractivity contribution in [2.75, 3.05) is 39.9 Å². The van der Waals surface area contributed by atoms with Crippen molar-refractivity contribution in [2.45, 2.75) is 38.3 Å². The maximum Gasteiger partial charge on any atom is 0.229 e. The minimum atomic E-state index is 0.543. The molecule has 0 bridgehead atoms. The lowest BCUT2D eigenvalue weighted by Gasteiger charge is -2.39. The molecule has 1 aromatic heterocycles. The average molecular weight is 280 g/mol. The van der Waals surface area contributed by atoms with Crippen LogP contribution >= 0.6 is 0 Å². The number of ether oxygens (including phenoxy) is 1. The molecule has 0 N–H and O–H groups in total. The third kappa shape index (κ3) is 3.37. The van der Waals surface area contributed by atoms with Crippen molar-refractivity contribution in [3.63, 3.8) is 0 Å². The Labute approximate surface area is 120 Å². The highest BCUT2D eigenvalue weighted by atomic mass is 16.5. The molecule has 0 unspecified atom stereocenters. The molecule has 1 saturated carbocycles. The topological polar surface area (TPSA) is 54.6 Å². The van der Waals surface area contributed by atoms with Crippen LogP contribution in [0.5, 0.6) is 0 Å². The van der Waals surface area contributed by atoms with E-state index < -0.39 is 0 Å². The van der Waals surface area contributed by atoms with Crippen LogP contribution in [0.2, 0.25) is 0 Å². The Bertz CT molecular complexity index is 433. The first kappa shape index (κ1) is 14.0. The van der Waals surface area contributed by atoms with Gasteiger partial charge in [0.25, 0.3) is 0 Å². The molecule has 1 aliphatic carbocycles. The number of nitrogens with zero attached hydrogens (tertiary/aromatic N) is 4. The zero-order valence-corrected chi connectivity index (χ0v) is 12.4. The number of piperazine rings is 1. The molecule has 1 aliphatic heterocycles. The summed E-state index contributed by atoms with van der Waals surface area (Å²) in [5.41, 5.74) is 0. The highest BCUT2D eigenvalue weighted by Gasteiger charge is 2.30. The third-order valence-corrected chi connectivity index (χ3v) is 4.21. The second-order valence-corrected chi connectivity index (χ2v) is 5.94. The van der Waals surface area contributed by atoms with Gasteiger partial charge < -0.3 is 9.26 Å². The fraction of sp³-hybridized carbons (Fsp3) is 0.857. The number of methoxy groups -OCH3 is 1. The highest BCUT2D eigenvalue weighted by molar-refractivity contribution is 5.01. The molecular weight excluding hydrogens is 256 g/mol. The van der Waals surface area contributed by atoms with E-state index >= 15 is 0 Å². The fourth-order valence-electron chi connectivity index (χ4n) is 2.78. The largest absolute Gasteiger partial charge is 0.383 e. The Morgan fingerprint density at radius 1 is 1.35 bits per heavy atom. The van der Waals surface area contributed by atoms with E-state index in [2.05, 4.69) is 26.9 Å². The molecule has 2 heterocycles. The molecule has 0 amide bonds. The van der Waals surface area contributed by atoms with Gasteiger partial charge in [-0.15, -0.1) is 0 Å². The second kappa shape index (κ2) is 6.20. The maximum absolute atomic E-state index is 5.32. The van der Waals surface area contributed by atoms with Crippen molar-refractivity contribution in [3.05, 3.63) is 11.7 Å². The summed E-state index contributed by atoms with van der Waals surface area (Å²) in [6, 6.07) is 0.550. The monoisotopic (exact) mass is 280 g/mol. The summed E-state index contributed by atoms with van der Waals surface area (Å²) in [7, 11) is 1.76. The minimum Gasteiger partial charge on any atom is -0.383 e. The summed E-state index contributed by atoms with van der Waals surface area (Å²) in [5, 5.41) is 4.10. The third-order valence-electron chi connectivity index (χ3n) is 4.21. The first-order valence-corrected chi connectivity index (χ1v) is 7.54.